The number of hydrogen-bond donors (Lipinski definition) is 2. The van der Waals surface area contributed by atoms with Crippen molar-refractivity contribution in [2.75, 3.05) is 0 Å². The molecule has 2 unspecified atom stereocenters. The van der Waals surface area contributed by atoms with Crippen molar-refractivity contribution in [1.82, 2.24) is 20.3 Å². The normalized spacial score (nSPS) is 13.8. The Labute approximate surface area is 144 Å². The van der Waals surface area contributed by atoms with Crippen LogP contribution in [-0.4, -0.2) is 38.0 Å². The van der Waals surface area contributed by atoms with Crippen molar-refractivity contribution < 1.29 is 14.7 Å². The largest absolute Gasteiger partial charge is 0.480 e. The number of carbonyl (C=O) groups is 2. The Morgan fingerprint density at radius 3 is 2.32 bits per heavy atom. The Hall–Kier alpha value is -2.77. The summed E-state index contributed by atoms with van der Waals surface area (Å²) in [5.41, 5.74) is 0.00753. The average molecular weight is 346 g/mol. The Balaban J connectivity index is 2.45. The number of carboxylic acids is 1. The third-order valence-corrected chi connectivity index (χ3v) is 3.99. The summed E-state index contributed by atoms with van der Waals surface area (Å²) < 4.78 is 1.03. The van der Waals surface area contributed by atoms with Gasteiger partial charge in [0.25, 0.3) is 5.56 Å². The molecule has 0 aliphatic rings. The highest BCUT2D eigenvalue weighted by molar-refractivity contribution is 5.86. The van der Waals surface area contributed by atoms with E-state index >= 15 is 0 Å². The second-order valence-corrected chi connectivity index (χ2v) is 6.61. The van der Waals surface area contributed by atoms with Crippen LogP contribution in [0.25, 0.3) is 10.9 Å². The van der Waals surface area contributed by atoms with E-state index < -0.39 is 29.5 Å². The zero-order valence-electron chi connectivity index (χ0n) is 14.6. The number of carbonyl (C=O) groups excluding carboxylic acids is 1. The number of aromatic nitrogens is 3. The zero-order chi connectivity index (χ0) is 18.7. The minimum Gasteiger partial charge on any atom is -0.480 e. The van der Waals surface area contributed by atoms with Gasteiger partial charge >= 0.3 is 5.97 Å². The van der Waals surface area contributed by atoms with E-state index in [9.17, 15) is 19.5 Å². The van der Waals surface area contributed by atoms with Crippen molar-refractivity contribution in [3.63, 3.8) is 0 Å². The van der Waals surface area contributed by atoms with Crippen LogP contribution in [0.1, 0.15) is 33.7 Å². The fraction of sp³-hybridized carbons (Fsp3) is 0.471. The van der Waals surface area contributed by atoms with Gasteiger partial charge in [-0.2, -0.15) is 4.68 Å². The van der Waals surface area contributed by atoms with Gasteiger partial charge in [-0.05, 0) is 24.0 Å². The van der Waals surface area contributed by atoms with Crippen LogP contribution in [0.5, 0.6) is 0 Å². The van der Waals surface area contributed by atoms with Gasteiger partial charge in [-0.3, -0.25) is 9.59 Å². The molecule has 0 bridgehead atoms. The number of amides is 1. The highest BCUT2D eigenvalue weighted by Crippen LogP contribution is 2.17. The summed E-state index contributed by atoms with van der Waals surface area (Å²) in [5.74, 6) is -2.27. The number of aliphatic carboxylic acids is 1. The van der Waals surface area contributed by atoms with Crippen molar-refractivity contribution in [3.05, 3.63) is 34.6 Å². The minimum atomic E-state index is -1.12. The predicted molar refractivity (Wildman–Crippen MR) is 92.1 cm³/mol. The number of carboxylic acid groups (broad SMARTS) is 1. The van der Waals surface area contributed by atoms with Gasteiger partial charge in [0.2, 0.25) is 5.91 Å². The van der Waals surface area contributed by atoms with E-state index in [1.165, 1.54) is 0 Å². The number of fused-ring (bicyclic) bond motifs is 1. The predicted octanol–water partition coefficient (Wildman–Crippen LogP) is 1.21. The lowest BCUT2D eigenvalue weighted by molar-refractivity contribution is -0.144. The molecular formula is C17H22N4O4. The quantitative estimate of drug-likeness (QED) is 0.813. The van der Waals surface area contributed by atoms with E-state index in [4.69, 9.17) is 0 Å². The molecular weight excluding hydrogens is 324 g/mol. The number of hydrogen-bond acceptors (Lipinski definition) is 5. The molecule has 2 rings (SSSR count). The van der Waals surface area contributed by atoms with Crippen molar-refractivity contribution in [2.45, 2.75) is 39.8 Å². The Kier molecular flexibility index (Phi) is 5.51. The van der Waals surface area contributed by atoms with E-state index in [1.54, 1.807) is 52.0 Å². The van der Waals surface area contributed by atoms with Crippen LogP contribution < -0.4 is 10.9 Å². The highest BCUT2D eigenvalue weighted by atomic mass is 16.4. The molecule has 0 saturated carbocycles. The Morgan fingerprint density at radius 1 is 1.12 bits per heavy atom. The fourth-order valence-corrected chi connectivity index (χ4v) is 2.63. The molecule has 8 nitrogen and oxygen atoms in total. The molecule has 0 fully saturated rings. The van der Waals surface area contributed by atoms with Gasteiger partial charge in [-0.1, -0.05) is 45.0 Å². The molecule has 1 aromatic heterocycles. The first kappa shape index (κ1) is 18.6. The van der Waals surface area contributed by atoms with Crippen LogP contribution in [0, 0.1) is 11.8 Å². The van der Waals surface area contributed by atoms with Gasteiger partial charge in [0.05, 0.1) is 5.39 Å². The molecule has 2 aromatic rings. The second kappa shape index (κ2) is 7.42. The summed E-state index contributed by atoms with van der Waals surface area (Å²) in [6.07, 6.45) is 0. The van der Waals surface area contributed by atoms with Gasteiger partial charge in [-0.25, -0.2) is 4.79 Å². The third kappa shape index (κ3) is 3.84. The monoisotopic (exact) mass is 346 g/mol. The smallest absolute Gasteiger partial charge is 0.326 e. The van der Waals surface area contributed by atoms with E-state index in [1.807, 2.05) is 0 Å². The first-order valence-corrected chi connectivity index (χ1v) is 8.11. The van der Waals surface area contributed by atoms with Gasteiger partial charge in [0, 0.05) is 0 Å². The van der Waals surface area contributed by atoms with Crippen LogP contribution in [-0.2, 0) is 9.59 Å². The van der Waals surface area contributed by atoms with Crippen LogP contribution in [0.3, 0.4) is 0 Å². The molecule has 0 saturated heterocycles. The molecule has 8 heteroatoms. The maximum atomic E-state index is 12.7. The topological polar surface area (TPSA) is 114 Å². The van der Waals surface area contributed by atoms with E-state index in [0.29, 0.717) is 10.9 Å². The maximum Gasteiger partial charge on any atom is 0.326 e. The van der Waals surface area contributed by atoms with Crippen LogP contribution in [0.2, 0.25) is 0 Å². The SMILES string of the molecule is CC(C)C(NC(=O)C(C(C)C)n1nnc2ccccc2c1=O)C(=O)O. The lowest BCUT2D eigenvalue weighted by Crippen LogP contribution is -2.49. The number of nitrogens with one attached hydrogen (secondary N) is 1. The van der Waals surface area contributed by atoms with Gasteiger partial charge in [0.1, 0.15) is 17.6 Å². The number of benzene rings is 1. The molecule has 0 spiro atoms. The zero-order valence-corrected chi connectivity index (χ0v) is 14.6. The molecule has 25 heavy (non-hydrogen) atoms. The molecule has 2 N–H and O–H groups in total. The Morgan fingerprint density at radius 2 is 1.76 bits per heavy atom. The van der Waals surface area contributed by atoms with Crippen molar-refractivity contribution in [2.24, 2.45) is 11.8 Å². The van der Waals surface area contributed by atoms with Crippen LogP contribution >= 0.6 is 0 Å². The minimum absolute atomic E-state index is 0.283. The first-order valence-electron chi connectivity index (χ1n) is 8.11. The fourth-order valence-electron chi connectivity index (χ4n) is 2.63. The molecule has 0 radical (unpaired) electrons. The Bertz CT molecular complexity index is 844. The summed E-state index contributed by atoms with van der Waals surface area (Å²) in [6, 6.07) is 4.74. The van der Waals surface area contributed by atoms with E-state index in [2.05, 4.69) is 15.6 Å². The average Bonchev–Trinajstić information content (AvgIpc) is 2.54. The standard InChI is InChI=1S/C17H22N4O4/c1-9(2)13(17(24)25)18-15(22)14(10(3)4)21-16(23)11-7-5-6-8-12(11)19-20-21/h5-10,13-14H,1-4H3,(H,18,22)(H,24,25). The van der Waals surface area contributed by atoms with Crippen LogP contribution in [0.15, 0.2) is 29.1 Å². The number of nitrogens with zero attached hydrogens (tertiary/aromatic N) is 3. The third-order valence-electron chi connectivity index (χ3n) is 3.99. The summed E-state index contributed by atoms with van der Waals surface area (Å²) >= 11 is 0. The van der Waals surface area contributed by atoms with Crippen molar-refractivity contribution >= 4 is 22.8 Å². The maximum absolute atomic E-state index is 12.7. The first-order chi connectivity index (χ1) is 11.7. The van der Waals surface area contributed by atoms with Gasteiger partial charge in [-0.15, -0.1) is 5.10 Å². The van der Waals surface area contributed by atoms with Crippen LogP contribution in [0.4, 0.5) is 0 Å². The molecule has 0 aliphatic heterocycles. The molecule has 2 atom stereocenters. The molecule has 134 valence electrons. The number of rotatable bonds is 6. The lowest BCUT2D eigenvalue weighted by atomic mass is 10.0. The lowest BCUT2D eigenvalue weighted by Gasteiger charge is -2.25. The van der Waals surface area contributed by atoms with Gasteiger partial charge < -0.3 is 10.4 Å². The van der Waals surface area contributed by atoms with Crippen molar-refractivity contribution in [1.29, 1.82) is 0 Å². The molecule has 0 aliphatic carbocycles. The van der Waals surface area contributed by atoms with E-state index in [-0.39, 0.29) is 11.8 Å². The summed E-state index contributed by atoms with van der Waals surface area (Å²) in [6.45, 7) is 6.92. The summed E-state index contributed by atoms with van der Waals surface area (Å²) in [5, 5.41) is 20.0. The molecule has 1 amide bonds. The molecule has 1 heterocycles. The summed E-state index contributed by atoms with van der Waals surface area (Å²) in [7, 11) is 0. The second-order valence-electron chi connectivity index (χ2n) is 6.61. The van der Waals surface area contributed by atoms with Gasteiger partial charge in [0.15, 0.2) is 0 Å². The molecule has 1 aromatic carbocycles. The summed E-state index contributed by atoms with van der Waals surface area (Å²) in [4.78, 5) is 36.7. The van der Waals surface area contributed by atoms with Crippen molar-refractivity contribution in [3.8, 4) is 0 Å². The van der Waals surface area contributed by atoms with E-state index in [0.717, 1.165) is 4.68 Å². The highest BCUT2D eigenvalue weighted by Gasteiger charge is 2.32.